The third-order valence-electron chi connectivity index (χ3n) is 7.64. The summed E-state index contributed by atoms with van der Waals surface area (Å²) in [5.74, 6) is 2.31. The van der Waals surface area contributed by atoms with E-state index in [1.54, 1.807) is 7.11 Å². The number of para-hydroxylation sites is 3. The number of benzene rings is 2. The van der Waals surface area contributed by atoms with E-state index in [0.717, 1.165) is 75.8 Å². The standard InChI is InChI=1S/C30H40N4O4/c1-22(2)37-29-11-7-5-9-27(29)33-18-16-32(17-19-33)21-24-20-26(31-38-24)30(35)34-14-12-23(13-15-34)25-8-4-6-10-28(25)36-3/h4-11,20,22-24,31H,12-19,21H2,1-3H3. The van der Waals surface area contributed by atoms with Gasteiger partial charge in [0.1, 0.15) is 23.3 Å². The van der Waals surface area contributed by atoms with Crippen molar-refractivity contribution >= 4 is 11.6 Å². The van der Waals surface area contributed by atoms with Crippen LogP contribution in [0.3, 0.4) is 0 Å². The first-order valence-electron chi connectivity index (χ1n) is 13.8. The fourth-order valence-corrected chi connectivity index (χ4v) is 5.66. The van der Waals surface area contributed by atoms with Crippen molar-refractivity contribution in [2.75, 3.05) is 57.8 Å². The molecule has 0 bridgehead atoms. The number of rotatable bonds is 8. The van der Waals surface area contributed by atoms with Gasteiger partial charge in [-0.15, -0.1) is 0 Å². The van der Waals surface area contributed by atoms with Gasteiger partial charge in [0.15, 0.2) is 0 Å². The van der Waals surface area contributed by atoms with Crippen LogP contribution >= 0.6 is 0 Å². The van der Waals surface area contributed by atoms with Gasteiger partial charge in [-0.05, 0) is 62.4 Å². The van der Waals surface area contributed by atoms with E-state index < -0.39 is 0 Å². The van der Waals surface area contributed by atoms with E-state index in [-0.39, 0.29) is 18.1 Å². The molecule has 3 aliphatic heterocycles. The number of hydroxylamine groups is 1. The Balaban J connectivity index is 1.10. The molecule has 204 valence electrons. The molecule has 5 rings (SSSR count). The van der Waals surface area contributed by atoms with Crippen LogP contribution in [-0.4, -0.2) is 80.8 Å². The lowest BCUT2D eigenvalue weighted by molar-refractivity contribution is -0.129. The lowest BCUT2D eigenvalue weighted by Gasteiger charge is -2.37. The normalized spacial score (nSPS) is 20.8. The number of amides is 1. The van der Waals surface area contributed by atoms with E-state index in [9.17, 15) is 4.79 Å². The molecule has 2 saturated heterocycles. The molecule has 38 heavy (non-hydrogen) atoms. The van der Waals surface area contributed by atoms with Crippen molar-refractivity contribution in [2.45, 2.75) is 44.8 Å². The molecule has 8 heteroatoms. The van der Waals surface area contributed by atoms with Crippen LogP contribution in [0.15, 0.2) is 60.3 Å². The Bertz CT molecular complexity index is 1120. The molecule has 8 nitrogen and oxygen atoms in total. The highest BCUT2D eigenvalue weighted by Crippen LogP contribution is 2.34. The second kappa shape index (κ2) is 12.1. The lowest BCUT2D eigenvalue weighted by Crippen LogP contribution is -2.48. The van der Waals surface area contributed by atoms with Crippen molar-refractivity contribution < 1.29 is 19.1 Å². The molecule has 2 fully saturated rings. The number of hydrogen-bond acceptors (Lipinski definition) is 7. The van der Waals surface area contributed by atoms with Crippen molar-refractivity contribution in [3.63, 3.8) is 0 Å². The highest BCUT2D eigenvalue weighted by atomic mass is 16.7. The molecule has 0 radical (unpaired) electrons. The zero-order valence-electron chi connectivity index (χ0n) is 22.8. The molecule has 3 heterocycles. The monoisotopic (exact) mass is 520 g/mol. The Morgan fingerprint density at radius 1 is 0.974 bits per heavy atom. The molecule has 2 aromatic rings. The minimum atomic E-state index is -0.136. The van der Waals surface area contributed by atoms with Crippen molar-refractivity contribution in [1.29, 1.82) is 0 Å². The van der Waals surface area contributed by atoms with Crippen LogP contribution in [0.25, 0.3) is 0 Å². The molecule has 1 unspecified atom stereocenters. The van der Waals surface area contributed by atoms with Gasteiger partial charge in [-0.1, -0.05) is 30.3 Å². The molecular weight excluding hydrogens is 480 g/mol. The topological polar surface area (TPSA) is 66.5 Å². The Morgan fingerprint density at radius 3 is 2.37 bits per heavy atom. The van der Waals surface area contributed by atoms with Crippen molar-refractivity contribution in [2.24, 2.45) is 0 Å². The third kappa shape index (κ3) is 6.08. The van der Waals surface area contributed by atoms with E-state index in [1.807, 2.05) is 35.2 Å². The first kappa shape index (κ1) is 26.4. The number of piperidine rings is 1. The summed E-state index contributed by atoms with van der Waals surface area (Å²) in [5, 5.41) is 0. The van der Waals surface area contributed by atoms with Gasteiger partial charge in [0.25, 0.3) is 5.91 Å². The number of anilines is 1. The molecule has 3 aliphatic rings. The summed E-state index contributed by atoms with van der Waals surface area (Å²) < 4.78 is 11.6. The van der Waals surface area contributed by atoms with E-state index in [2.05, 4.69) is 53.4 Å². The number of hydrogen-bond donors (Lipinski definition) is 1. The lowest BCUT2D eigenvalue weighted by atomic mass is 9.88. The first-order chi connectivity index (χ1) is 18.5. The Labute approximate surface area is 226 Å². The summed E-state index contributed by atoms with van der Waals surface area (Å²) in [6, 6.07) is 16.5. The molecule has 0 spiro atoms. The molecule has 0 saturated carbocycles. The number of piperazine rings is 1. The minimum absolute atomic E-state index is 0.0255. The van der Waals surface area contributed by atoms with Crippen LogP contribution in [0.5, 0.6) is 11.5 Å². The number of carbonyl (C=O) groups is 1. The van der Waals surface area contributed by atoms with Crippen LogP contribution in [0.2, 0.25) is 0 Å². The molecule has 1 atom stereocenters. The Morgan fingerprint density at radius 2 is 1.66 bits per heavy atom. The second-order valence-electron chi connectivity index (χ2n) is 10.6. The fraction of sp³-hybridized carbons (Fsp3) is 0.500. The minimum Gasteiger partial charge on any atom is -0.496 e. The summed E-state index contributed by atoms with van der Waals surface area (Å²) in [4.78, 5) is 25.7. The second-order valence-corrected chi connectivity index (χ2v) is 10.6. The Hall–Kier alpha value is -3.23. The van der Waals surface area contributed by atoms with Crippen molar-refractivity contribution in [1.82, 2.24) is 15.3 Å². The number of carbonyl (C=O) groups excluding carboxylic acids is 1. The van der Waals surface area contributed by atoms with Gasteiger partial charge >= 0.3 is 0 Å². The number of nitrogens with zero attached hydrogens (tertiary/aromatic N) is 3. The zero-order valence-corrected chi connectivity index (χ0v) is 22.8. The highest BCUT2D eigenvalue weighted by Gasteiger charge is 2.31. The van der Waals surface area contributed by atoms with Crippen LogP contribution in [0, 0.1) is 0 Å². The predicted octanol–water partition coefficient (Wildman–Crippen LogP) is 3.80. The van der Waals surface area contributed by atoms with Crippen molar-refractivity contribution in [3.8, 4) is 11.5 Å². The maximum Gasteiger partial charge on any atom is 0.271 e. The molecule has 2 aromatic carbocycles. The van der Waals surface area contributed by atoms with Gasteiger partial charge in [-0.2, -0.15) is 0 Å². The van der Waals surface area contributed by atoms with Gasteiger partial charge < -0.3 is 19.3 Å². The van der Waals surface area contributed by atoms with Gasteiger partial charge in [0.2, 0.25) is 0 Å². The van der Waals surface area contributed by atoms with Crippen LogP contribution < -0.4 is 19.9 Å². The average molecular weight is 521 g/mol. The van der Waals surface area contributed by atoms with E-state index in [4.69, 9.17) is 14.3 Å². The van der Waals surface area contributed by atoms with E-state index in [0.29, 0.717) is 11.6 Å². The van der Waals surface area contributed by atoms with Crippen LogP contribution in [-0.2, 0) is 9.63 Å². The number of likely N-dealkylation sites (tertiary alicyclic amines) is 1. The fourth-order valence-electron chi connectivity index (χ4n) is 5.66. The maximum atomic E-state index is 13.2. The predicted molar refractivity (Wildman–Crippen MR) is 148 cm³/mol. The Kier molecular flexibility index (Phi) is 8.39. The zero-order chi connectivity index (χ0) is 26.5. The average Bonchev–Trinajstić information content (AvgIpc) is 3.41. The van der Waals surface area contributed by atoms with Gasteiger partial charge in [-0.3, -0.25) is 20.0 Å². The van der Waals surface area contributed by atoms with E-state index >= 15 is 0 Å². The van der Waals surface area contributed by atoms with Crippen LogP contribution in [0.4, 0.5) is 5.69 Å². The number of nitrogens with one attached hydrogen (secondary N) is 1. The summed E-state index contributed by atoms with van der Waals surface area (Å²) in [5.41, 5.74) is 5.86. The molecule has 1 amide bonds. The molecule has 0 aliphatic carbocycles. The van der Waals surface area contributed by atoms with Crippen molar-refractivity contribution in [3.05, 3.63) is 65.9 Å². The quantitative estimate of drug-likeness (QED) is 0.568. The maximum absolute atomic E-state index is 13.2. The summed E-state index contributed by atoms with van der Waals surface area (Å²) in [7, 11) is 1.72. The third-order valence-corrected chi connectivity index (χ3v) is 7.64. The number of methoxy groups -OCH3 is 1. The van der Waals surface area contributed by atoms with Gasteiger partial charge in [-0.25, -0.2) is 0 Å². The van der Waals surface area contributed by atoms with Crippen LogP contribution in [0.1, 0.15) is 38.2 Å². The summed E-state index contributed by atoms with van der Waals surface area (Å²) in [6.45, 7) is 10.1. The molecule has 1 N–H and O–H groups in total. The highest BCUT2D eigenvalue weighted by molar-refractivity contribution is 5.93. The van der Waals surface area contributed by atoms with Gasteiger partial charge in [0, 0.05) is 45.8 Å². The number of ether oxygens (including phenoxy) is 2. The SMILES string of the molecule is COc1ccccc1C1CCN(C(=O)C2=CC(CN3CCN(c4ccccc4OC(C)C)CC3)ON2)CC1. The van der Waals surface area contributed by atoms with Gasteiger partial charge in [0.05, 0.1) is 18.9 Å². The largest absolute Gasteiger partial charge is 0.496 e. The molecular formula is C30H40N4O4. The van der Waals surface area contributed by atoms with E-state index in [1.165, 1.54) is 5.56 Å². The molecule has 0 aromatic heterocycles. The summed E-state index contributed by atoms with van der Waals surface area (Å²) >= 11 is 0. The first-order valence-corrected chi connectivity index (χ1v) is 13.8. The summed E-state index contributed by atoms with van der Waals surface area (Å²) in [6.07, 6.45) is 3.82. The smallest absolute Gasteiger partial charge is 0.271 e.